The number of aromatic nitrogens is 2. The Morgan fingerprint density at radius 1 is 1.04 bits per heavy atom. The molecule has 13 nitrogen and oxygen atoms in total. The third-order valence-electron chi connectivity index (χ3n) is 7.64. The minimum atomic E-state index is -5.08. The topological polar surface area (TPSA) is 186 Å². The summed E-state index contributed by atoms with van der Waals surface area (Å²) in [5.74, 6) is -3.29. The molecule has 0 aliphatic carbocycles. The van der Waals surface area contributed by atoms with E-state index >= 15 is 0 Å². The number of likely N-dealkylation sites (tertiary alicyclic amines) is 1. The predicted octanol–water partition coefficient (Wildman–Crippen LogP) is 5.57. The number of halogens is 4. The lowest BCUT2D eigenvalue weighted by Crippen LogP contribution is -2.50. The van der Waals surface area contributed by atoms with Gasteiger partial charge in [0, 0.05) is 36.1 Å². The van der Waals surface area contributed by atoms with Crippen molar-refractivity contribution in [3.05, 3.63) is 64.8 Å². The maximum Gasteiger partial charge on any atom is 0.490 e. The van der Waals surface area contributed by atoms with Crippen LogP contribution in [0.3, 0.4) is 0 Å². The number of hydrogen-bond acceptors (Lipinski definition) is 8. The molecular weight excluding hydrogens is 659 g/mol. The van der Waals surface area contributed by atoms with E-state index in [2.05, 4.69) is 37.3 Å². The molecule has 5 rings (SSSR count). The van der Waals surface area contributed by atoms with E-state index in [1.165, 1.54) is 0 Å². The van der Waals surface area contributed by atoms with Crippen LogP contribution < -0.4 is 21.3 Å². The highest BCUT2D eigenvalue weighted by molar-refractivity contribution is 6.32. The molecule has 3 aromatic rings. The summed E-state index contributed by atoms with van der Waals surface area (Å²) in [6.45, 7) is 2.46. The van der Waals surface area contributed by atoms with E-state index in [4.69, 9.17) is 21.5 Å². The molecule has 0 spiro atoms. The number of carbonyl (C=O) groups is 4. The Balaban J connectivity index is 0.000000671. The molecule has 1 aromatic heterocycles. The van der Waals surface area contributed by atoms with Gasteiger partial charge in [-0.3, -0.25) is 4.79 Å². The van der Waals surface area contributed by atoms with Gasteiger partial charge < -0.3 is 36.4 Å². The van der Waals surface area contributed by atoms with E-state index in [1.54, 1.807) is 18.0 Å². The number of fused-ring (bicyclic) bond motifs is 6. The summed E-state index contributed by atoms with van der Waals surface area (Å²) in [6, 6.07) is 12.4. The Morgan fingerprint density at radius 3 is 2.38 bits per heavy atom. The van der Waals surface area contributed by atoms with Gasteiger partial charge in [-0.2, -0.15) is 18.2 Å². The van der Waals surface area contributed by atoms with E-state index < -0.39 is 30.2 Å². The molecule has 2 aliphatic rings. The fraction of sp³-hybridized carbons (Fsp3) is 0.355. The lowest BCUT2D eigenvalue weighted by Gasteiger charge is -2.32. The number of carbonyl (C=O) groups excluding carboxylic acids is 2. The number of hydrogen-bond donors (Lipinski definition) is 6. The lowest BCUT2D eigenvalue weighted by atomic mass is 9.95. The number of carboxylic acids is 2. The van der Waals surface area contributed by atoms with Crippen molar-refractivity contribution in [3.8, 4) is 0 Å². The van der Waals surface area contributed by atoms with Crippen LogP contribution in [-0.2, 0) is 27.2 Å². The number of alkyl halides is 3. The van der Waals surface area contributed by atoms with Gasteiger partial charge in [-0.05, 0) is 73.6 Å². The first-order valence-electron chi connectivity index (χ1n) is 14.9. The van der Waals surface area contributed by atoms with Gasteiger partial charge in [-0.25, -0.2) is 19.4 Å². The molecule has 1 unspecified atom stereocenters. The zero-order valence-electron chi connectivity index (χ0n) is 25.6. The zero-order valence-corrected chi connectivity index (χ0v) is 26.4. The summed E-state index contributed by atoms with van der Waals surface area (Å²) in [5.41, 5.74) is 4.46. The third-order valence-corrected chi connectivity index (χ3v) is 7.91. The second-order valence-corrected chi connectivity index (χ2v) is 11.4. The summed E-state index contributed by atoms with van der Waals surface area (Å²) in [5, 5.41) is 28.9. The number of aliphatic carboxylic acids is 2. The number of anilines is 5. The number of benzene rings is 2. The maximum atomic E-state index is 13.3. The Kier molecular flexibility index (Phi) is 11.6. The molecule has 17 heteroatoms. The van der Waals surface area contributed by atoms with Gasteiger partial charge >= 0.3 is 24.1 Å². The van der Waals surface area contributed by atoms with Crippen molar-refractivity contribution in [3.63, 3.8) is 0 Å². The molecule has 6 N–H and O–H groups in total. The molecule has 48 heavy (non-hydrogen) atoms. The van der Waals surface area contributed by atoms with Crippen molar-refractivity contribution in [1.82, 2.24) is 20.2 Å². The maximum absolute atomic E-state index is 13.3. The van der Waals surface area contributed by atoms with Crippen LogP contribution in [0.4, 0.5) is 46.8 Å². The van der Waals surface area contributed by atoms with Gasteiger partial charge in [0.1, 0.15) is 11.1 Å². The molecule has 1 fully saturated rings. The highest BCUT2D eigenvalue weighted by Crippen LogP contribution is 2.30. The van der Waals surface area contributed by atoms with Gasteiger partial charge in [0.25, 0.3) is 0 Å². The number of carboxylic acid groups (broad SMARTS) is 2. The highest BCUT2D eigenvalue weighted by atomic mass is 35.5. The van der Waals surface area contributed by atoms with E-state index in [1.807, 2.05) is 36.4 Å². The molecule has 2 aromatic carbocycles. The first kappa shape index (κ1) is 35.7. The number of amides is 3. The number of aryl methyl sites for hydroxylation is 2. The van der Waals surface area contributed by atoms with Crippen molar-refractivity contribution in [2.45, 2.75) is 51.2 Å². The fourth-order valence-electron chi connectivity index (χ4n) is 5.02. The monoisotopic (exact) mass is 691 g/mol. The zero-order chi connectivity index (χ0) is 35.0. The Morgan fingerprint density at radius 2 is 1.73 bits per heavy atom. The largest absolute Gasteiger partial charge is 0.490 e. The van der Waals surface area contributed by atoms with Crippen LogP contribution in [0, 0.1) is 5.92 Å². The van der Waals surface area contributed by atoms with Crippen LogP contribution in [0.2, 0.25) is 5.02 Å². The fourth-order valence-corrected chi connectivity index (χ4v) is 5.16. The van der Waals surface area contributed by atoms with Crippen LogP contribution in [0.15, 0.2) is 48.7 Å². The highest BCUT2D eigenvalue weighted by Gasteiger charge is 2.38. The van der Waals surface area contributed by atoms with Gasteiger partial charge in [-0.15, -0.1) is 0 Å². The summed E-state index contributed by atoms with van der Waals surface area (Å²) in [4.78, 5) is 56.3. The minimum absolute atomic E-state index is 0.100. The number of rotatable bonds is 5. The quantitative estimate of drug-likeness (QED) is 0.198. The first-order valence-corrected chi connectivity index (χ1v) is 15.3. The van der Waals surface area contributed by atoms with Gasteiger partial charge in [-0.1, -0.05) is 30.7 Å². The van der Waals surface area contributed by atoms with Crippen LogP contribution in [-0.4, -0.2) is 74.3 Å². The molecule has 2 aliphatic heterocycles. The van der Waals surface area contributed by atoms with Gasteiger partial charge in [0.15, 0.2) is 5.82 Å². The van der Waals surface area contributed by atoms with Gasteiger partial charge in [0.05, 0.1) is 6.20 Å². The molecule has 3 heterocycles. The van der Waals surface area contributed by atoms with E-state index in [0.29, 0.717) is 55.6 Å². The average Bonchev–Trinajstić information content (AvgIpc) is 3.05. The van der Waals surface area contributed by atoms with Gasteiger partial charge in [0.2, 0.25) is 11.9 Å². The van der Waals surface area contributed by atoms with Crippen LogP contribution in [0.25, 0.3) is 0 Å². The summed E-state index contributed by atoms with van der Waals surface area (Å²) >= 11 is 6.37. The van der Waals surface area contributed by atoms with E-state index in [0.717, 1.165) is 34.6 Å². The number of nitrogens with zero attached hydrogens (tertiary/aromatic N) is 3. The number of nitrogens with one attached hydrogen (secondary N) is 4. The van der Waals surface area contributed by atoms with Crippen molar-refractivity contribution < 1.29 is 42.6 Å². The Hall–Kier alpha value is -5.12. The predicted molar refractivity (Wildman–Crippen MR) is 171 cm³/mol. The van der Waals surface area contributed by atoms with Crippen molar-refractivity contribution in [1.29, 1.82) is 0 Å². The minimum Gasteiger partial charge on any atom is -0.480 e. The molecule has 0 radical (unpaired) electrons. The second-order valence-electron chi connectivity index (χ2n) is 11.0. The Labute approximate surface area is 277 Å². The summed E-state index contributed by atoms with van der Waals surface area (Å²) < 4.78 is 31.7. The molecule has 3 amide bonds. The van der Waals surface area contributed by atoms with Crippen molar-refractivity contribution in [2.24, 2.45) is 5.92 Å². The Bertz CT molecular complexity index is 1670. The summed E-state index contributed by atoms with van der Waals surface area (Å²) in [7, 11) is 0. The lowest BCUT2D eigenvalue weighted by molar-refractivity contribution is -0.192. The molecular formula is C31H33ClF3N7O6. The second kappa shape index (κ2) is 15.6. The molecule has 1 atom stereocenters. The standard InChI is InChI=1S/C29H32ClN7O4.C2HF3O2/c1-2-23(27(39)40)35-29(41)37-12-10-18(11-13-37)26(38)34-24-9-8-21-15-19(24)7-6-17-4-3-5-20(14-17)33-28-31-16-22(30)25(32-21)36-28;3-2(4,5)1(6)7/h3-5,8-9,14-16,18,23H,2,6-7,10-13H2,1H3,(H,34,38)(H,35,41)(H,39,40)(H2,31,32,33,36);(H,6,7). The smallest absolute Gasteiger partial charge is 0.480 e. The first-order chi connectivity index (χ1) is 22.7. The van der Waals surface area contributed by atoms with Crippen LogP contribution in [0.5, 0.6) is 0 Å². The van der Waals surface area contributed by atoms with Crippen molar-refractivity contribution >= 4 is 64.3 Å². The molecule has 256 valence electrons. The summed E-state index contributed by atoms with van der Waals surface area (Å²) in [6.07, 6.45) is -0.817. The molecule has 6 bridgehead atoms. The molecule has 0 saturated carbocycles. The average molecular weight is 692 g/mol. The van der Waals surface area contributed by atoms with Crippen LogP contribution in [0.1, 0.15) is 37.3 Å². The van der Waals surface area contributed by atoms with Crippen molar-refractivity contribution in [2.75, 3.05) is 29.0 Å². The normalized spacial score (nSPS) is 15.0. The third kappa shape index (κ3) is 9.70. The van der Waals surface area contributed by atoms with E-state index in [-0.39, 0.29) is 11.8 Å². The van der Waals surface area contributed by atoms with E-state index in [9.17, 15) is 32.7 Å². The SMILES string of the molecule is CCC(NC(=O)N1CCC(C(=O)Nc2ccc3cc2CCc2cccc(c2)Nc2ncc(Cl)c(n2)N3)CC1)C(=O)O.O=C(O)C(F)(F)F. The number of piperidine rings is 1. The molecule has 1 saturated heterocycles. The number of urea groups is 1. The van der Waals surface area contributed by atoms with Crippen LogP contribution >= 0.6 is 11.6 Å².